The summed E-state index contributed by atoms with van der Waals surface area (Å²) in [5.41, 5.74) is 0.678. The van der Waals surface area contributed by atoms with E-state index in [1.54, 1.807) is 25.1 Å². The number of aliphatic hydroxyl groups is 1. The van der Waals surface area contributed by atoms with Gasteiger partial charge in [0.05, 0.1) is 18.2 Å². The standard InChI is InChI=1S/C13H14ClNO3/c1-3-6-15-13(17)9(2)18-12-5-4-10(8-16)7-11(12)14/h1,4-5,7,9,16H,6,8H2,2H3,(H,15,17). The molecule has 18 heavy (non-hydrogen) atoms. The van der Waals surface area contributed by atoms with E-state index >= 15 is 0 Å². The van der Waals surface area contributed by atoms with Gasteiger partial charge in [-0.05, 0) is 24.6 Å². The van der Waals surface area contributed by atoms with Gasteiger partial charge in [0.25, 0.3) is 5.91 Å². The Labute approximate surface area is 111 Å². The number of aliphatic hydroxyl groups excluding tert-OH is 1. The van der Waals surface area contributed by atoms with E-state index in [4.69, 9.17) is 27.9 Å². The van der Waals surface area contributed by atoms with Crippen molar-refractivity contribution in [1.82, 2.24) is 5.32 Å². The molecule has 96 valence electrons. The molecule has 5 heteroatoms. The maximum Gasteiger partial charge on any atom is 0.261 e. The lowest BCUT2D eigenvalue weighted by molar-refractivity contribution is -0.126. The second-order valence-corrected chi connectivity index (χ2v) is 4.01. The predicted octanol–water partition coefficient (Wildman–Crippen LogP) is 1.35. The molecule has 2 N–H and O–H groups in total. The van der Waals surface area contributed by atoms with Crippen LogP contribution in [0.25, 0.3) is 0 Å². The van der Waals surface area contributed by atoms with Crippen molar-refractivity contribution in [2.75, 3.05) is 6.54 Å². The molecule has 1 aromatic carbocycles. The van der Waals surface area contributed by atoms with Gasteiger partial charge in [0.1, 0.15) is 5.75 Å². The zero-order chi connectivity index (χ0) is 13.5. The van der Waals surface area contributed by atoms with E-state index in [1.807, 2.05) is 0 Å². The van der Waals surface area contributed by atoms with Gasteiger partial charge in [0.15, 0.2) is 6.10 Å². The molecule has 0 aliphatic rings. The van der Waals surface area contributed by atoms with Crippen molar-refractivity contribution >= 4 is 17.5 Å². The Hall–Kier alpha value is -1.70. The minimum Gasteiger partial charge on any atom is -0.479 e. The molecule has 1 amide bonds. The number of hydrogen-bond donors (Lipinski definition) is 2. The molecule has 0 aliphatic carbocycles. The average Bonchev–Trinajstić information content (AvgIpc) is 2.38. The summed E-state index contributed by atoms with van der Waals surface area (Å²) in [6.07, 6.45) is 4.34. The van der Waals surface area contributed by atoms with Gasteiger partial charge in [-0.15, -0.1) is 6.42 Å². The summed E-state index contributed by atoms with van der Waals surface area (Å²) < 4.78 is 5.41. The van der Waals surface area contributed by atoms with Crippen LogP contribution in [0.5, 0.6) is 5.75 Å². The number of ether oxygens (including phenoxy) is 1. The van der Waals surface area contributed by atoms with Gasteiger partial charge in [-0.3, -0.25) is 4.79 Å². The molecular formula is C13H14ClNO3. The van der Waals surface area contributed by atoms with Crippen LogP contribution in [0.2, 0.25) is 5.02 Å². The molecule has 0 aliphatic heterocycles. The summed E-state index contributed by atoms with van der Waals surface area (Å²) in [5, 5.41) is 11.8. The molecule has 1 aromatic rings. The molecule has 0 spiro atoms. The lowest BCUT2D eigenvalue weighted by atomic mass is 10.2. The molecule has 0 aromatic heterocycles. The topological polar surface area (TPSA) is 58.6 Å². The van der Waals surface area contributed by atoms with Crippen LogP contribution in [0.3, 0.4) is 0 Å². The van der Waals surface area contributed by atoms with Crippen LogP contribution >= 0.6 is 11.6 Å². The van der Waals surface area contributed by atoms with E-state index in [9.17, 15) is 4.79 Å². The zero-order valence-corrected chi connectivity index (χ0v) is 10.7. The van der Waals surface area contributed by atoms with Crippen molar-refractivity contribution in [3.05, 3.63) is 28.8 Å². The number of carbonyl (C=O) groups excluding carboxylic acids is 1. The highest BCUT2D eigenvalue weighted by Gasteiger charge is 2.15. The number of halogens is 1. The highest BCUT2D eigenvalue weighted by atomic mass is 35.5. The Bertz CT molecular complexity index is 468. The monoisotopic (exact) mass is 267 g/mol. The van der Waals surface area contributed by atoms with Crippen LogP contribution in [0.4, 0.5) is 0 Å². The largest absolute Gasteiger partial charge is 0.479 e. The number of nitrogens with one attached hydrogen (secondary N) is 1. The number of terminal acetylenes is 1. The molecular weight excluding hydrogens is 254 g/mol. The van der Waals surface area contributed by atoms with E-state index in [0.29, 0.717) is 16.3 Å². The lowest BCUT2D eigenvalue weighted by Crippen LogP contribution is -2.36. The molecule has 1 unspecified atom stereocenters. The fourth-order valence-electron chi connectivity index (χ4n) is 1.26. The quantitative estimate of drug-likeness (QED) is 0.792. The third kappa shape index (κ3) is 3.95. The summed E-state index contributed by atoms with van der Waals surface area (Å²) >= 11 is 5.96. The van der Waals surface area contributed by atoms with E-state index in [-0.39, 0.29) is 19.1 Å². The molecule has 0 saturated carbocycles. The summed E-state index contributed by atoms with van der Waals surface area (Å²) in [7, 11) is 0. The summed E-state index contributed by atoms with van der Waals surface area (Å²) in [6, 6.07) is 4.87. The molecule has 1 rings (SSSR count). The van der Waals surface area contributed by atoms with Gasteiger partial charge in [-0.1, -0.05) is 23.6 Å². The first-order chi connectivity index (χ1) is 8.58. The van der Waals surface area contributed by atoms with Crippen LogP contribution < -0.4 is 10.1 Å². The van der Waals surface area contributed by atoms with Crippen molar-refractivity contribution in [2.45, 2.75) is 19.6 Å². The SMILES string of the molecule is C#CCNC(=O)C(C)Oc1ccc(CO)cc1Cl. The number of benzene rings is 1. The van der Waals surface area contributed by atoms with Gasteiger partial charge in [0.2, 0.25) is 0 Å². The molecule has 0 radical (unpaired) electrons. The maximum absolute atomic E-state index is 11.5. The third-order valence-corrected chi connectivity index (χ3v) is 2.51. The number of hydrogen-bond acceptors (Lipinski definition) is 3. The second kappa shape index (κ2) is 6.90. The van der Waals surface area contributed by atoms with Gasteiger partial charge in [0, 0.05) is 0 Å². The number of carbonyl (C=O) groups is 1. The Morgan fingerprint density at radius 1 is 1.67 bits per heavy atom. The second-order valence-electron chi connectivity index (χ2n) is 3.60. The third-order valence-electron chi connectivity index (χ3n) is 2.22. The molecule has 0 heterocycles. The Morgan fingerprint density at radius 3 is 2.94 bits per heavy atom. The van der Waals surface area contributed by atoms with Crippen molar-refractivity contribution in [1.29, 1.82) is 0 Å². The first kappa shape index (κ1) is 14.4. The molecule has 1 atom stereocenters. The van der Waals surface area contributed by atoms with E-state index in [2.05, 4.69) is 11.2 Å². The first-order valence-corrected chi connectivity index (χ1v) is 5.73. The summed E-state index contributed by atoms with van der Waals surface area (Å²) in [5.74, 6) is 2.38. The fraction of sp³-hybridized carbons (Fsp3) is 0.308. The maximum atomic E-state index is 11.5. The Balaban J connectivity index is 2.67. The Kier molecular flexibility index (Phi) is 5.50. The van der Waals surface area contributed by atoms with Gasteiger partial charge in [-0.25, -0.2) is 0 Å². The van der Waals surface area contributed by atoms with Crippen LogP contribution in [-0.4, -0.2) is 23.7 Å². The van der Waals surface area contributed by atoms with Gasteiger partial charge in [-0.2, -0.15) is 0 Å². The Morgan fingerprint density at radius 2 is 2.39 bits per heavy atom. The minimum absolute atomic E-state index is 0.0990. The van der Waals surface area contributed by atoms with Crippen LogP contribution in [0.1, 0.15) is 12.5 Å². The molecule has 0 fully saturated rings. The molecule has 4 nitrogen and oxygen atoms in total. The zero-order valence-electron chi connectivity index (χ0n) is 9.94. The van der Waals surface area contributed by atoms with Crippen LogP contribution in [0.15, 0.2) is 18.2 Å². The van der Waals surface area contributed by atoms with Crippen molar-refractivity contribution in [2.24, 2.45) is 0 Å². The average molecular weight is 268 g/mol. The molecule has 0 bridgehead atoms. The fourth-order valence-corrected chi connectivity index (χ4v) is 1.51. The minimum atomic E-state index is -0.698. The van der Waals surface area contributed by atoms with E-state index in [1.165, 1.54) is 0 Å². The highest BCUT2D eigenvalue weighted by Crippen LogP contribution is 2.26. The normalized spacial score (nSPS) is 11.4. The highest BCUT2D eigenvalue weighted by molar-refractivity contribution is 6.32. The van der Waals surface area contributed by atoms with Crippen molar-refractivity contribution in [3.63, 3.8) is 0 Å². The smallest absolute Gasteiger partial charge is 0.261 e. The van der Waals surface area contributed by atoms with E-state index < -0.39 is 6.10 Å². The van der Waals surface area contributed by atoms with Crippen molar-refractivity contribution < 1.29 is 14.6 Å². The lowest BCUT2D eigenvalue weighted by Gasteiger charge is -2.15. The van der Waals surface area contributed by atoms with E-state index in [0.717, 1.165) is 0 Å². The van der Waals surface area contributed by atoms with Gasteiger partial charge < -0.3 is 15.2 Å². The van der Waals surface area contributed by atoms with Gasteiger partial charge >= 0.3 is 0 Å². The van der Waals surface area contributed by atoms with Crippen LogP contribution in [0, 0.1) is 12.3 Å². The van der Waals surface area contributed by atoms with Crippen LogP contribution in [-0.2, 0) is 11.4 Å². The van der Waals surface area contributed by atoms with Crippen molar-refractivity contribution in [3.8, 4) is 18.1 Å². The summed E-state index contributed by atoms with van der Waals surface area (Å²) in [6.45, 7) is 1.66. The number of amides is 1. The first-order valence-electron chi connectivity index (χ1n) is 5.35. The summed E-state index contributed by atoms with van der Waals surface area (Å²) in [4.78, 5) is 11.5. The molecule has 0 saturated heterocycles. The number of rotatable bonds is 5. The predicted molar refractivity (Wildman–Crippen MR) is 69.3 cm³/mol.